The molecule has 2 amide bonds. The summed E-state index contributed by atoms with van der Waals surface area (Å²) in [6.45, 7) is 4.60. The minimum absolute atomic E-state index is 0.0900. The molecule has 0 aliphatic carbocycles. The monoisotopic (exact) mass is 393 g/mol. The van der Waals surface area contributed by atoms with E-state index in [1.165, 1.54) is 12.5 Å². The van der Waals surface area contributed by atoms with Crippen LogP contribution in [0.3, 0.4) is 0 Å². The molecule has 0 radical (unpaired) electrons. The third-order valence-corrected chi connectivity index (χ3v) is 5.63. The summed E-state index contributed by atoms with van der Waals surface area (Å²) in [4.78, 5) is 28.9. The summed E-state index contributed by atoms with van der Waals surface area (Å²) in [5, 5.41) is 3.13. The van der Waals surface area contributed by atoms with Crippen molar-refractivity contribution in [3.05, 3.63) is 60.2 Å². The first-order valence-corrected chi connectivity index (χ1v) is 10.2. The maximum Gasteiger partial charge on any atom is 0.263 e. The fourth-order valence-corrected chi connectivity index (χ4v) is 4.04. The largest absolute Gasteiger partial charge is 0.477 e. The molecule has 2 aromatic carbocycles. The van der Waals surface area contributed by atoms with Crippen molar-refractivity contribution in [3.63, 3.8) is 0 Å². The molecule has 0 unspecified atom stereocenters. The number of rotatable bonds is 4. The number of hydrogen-bond acceptors (Lipinski definition) is 4. The number of fused-ring (bicyclic) bond motifs is 1. The van der Waals surface area contributed by atoms with E-state index in [1.54, 1.807) is 11.0 Å². The van der Waals surface area contributed by atoms with Gasteiger partial charge in [-0.25, -0.2) is 0 Å². The molecule has 0 spiro atoms. The lowest BCUT2D eigenvalue weighted by molar-refractivity contribution is -0.129. The highest BCUT2D eigenvalue weighted by Crippen LogP contribution is 2.33. The van der Waals surface area contributed by atoms with Crippen molar-refractivity contribution in [3.8, 4) is 5.75 Å². The number of hydrogen-bond donors (Lipinski definition) is 1. The molecule has 1 saturated heterocycles. The predicted octanol–water partition coefficient (Wildman–Crippen LogP) is 2.58. The molecule has 152 valence electrons. The van der Waals surface area contributed by atoms with E-state index in [-0.39, 0.29) is 24.4 Å². The molecule has 1 atom stereocenters. The van der Waals surface area contributed by atoms with Gasteiger partial charge in [-0.05, 0) is 30.5 Å². The van der Waals surface area contributed by atoms with Gasteiger partial charge >= 0.3 is 0 Å². The van der Waals surface area contributed by atoms with Gasteiger partial charge in [-0.15, -0.1) is 0 Å². The lowest BCUT2D eigenvalue weighted by Crippen LogP contribution is -2.53. The summed E-state index contributed by atoms with van der Waals surface area (Å²) >= 11 is 0. The lowest BCUT2D eigenvalue weighted by Gasteiger charge is -2.36. The first-order valence-electron chi connectivity index (χ1n) is 10.2. The van der Waals surface area contributed by atoms with Gasteiger partial charge in [0.15, 0.2) is 6.10 Å². The van der Waals surface area contributed by atoms with E-state index >= 15 is 0 Å². The van der Waals surface area contributed by atoms with Crippen molar-refractivity contribution in [2.24, 2.45) is 0 Å². The van der Waals surface area contributed by atoms with Gasteiger partial charge in [0.05, 0.1) is 12.2 Å². The smallest absolute Gasteiger partial charge is 0.263 e. The van der Waals surface area contributed by atoms with Crippen LogP contribution in [0.15, 0.2) is 54.6 Å². The summed E-state index contributed by atoms with van der Waals surface area (Å²) in [7, 11) is 0. The average Bonchev–Trinajstić information content (AvgIpc) is 2.75. The lowest BCUT2D eigenvalue weighted by atomic mass is 10.0. The minimum Gasteiger partial charge on any atom is -0.477 e. The standard InChI is InChI=1S/C23H27N3O3/c1-17(27)26-16-22(29-21-10-6-5-9-20(21)26)23(28)24-19-11-13-25(14-12-19)15-18-7-3-2-4-8-18/h2-10,19,22H,11-16H2,1H3,(H,24,28)/t22-/m1/s1. The predicted molar refractivity (Wildman–Crippen MR) is 112 cm³/mol. The second-order valence-electron chi connectivity index (χ2n) is 7.75. The number of para-hydroxylation sites is 2. The molecule has 4 rings (SSSR count). The Morgan fingerprint density at radius 3 is 2.45 bits per heavy atom. The van der Waals surface area contributed by atoms with Crippen molar-refractivity contribution >= 4 is 17.5 Å². The average molecular weight is 393 g/mol. The Kier molecular flexibility index (Phi) is 5.81. The van der Waals surface area contributed by atoms with Crippen molar-refractivity contribution < 1.29 is 14.3 Å². The van der Waals surface area contributed by atoms with Crippen molar-refractivity contribution in [1.29, 1.82) is 0 Å². The van der Waals surface area contributed by atoms with Crippen LogP contribution < -0.4 is 15.0 Å². The van der Waals surface area contributed by atoms with E-state index in [0.717, 1.165) is 38.2 Å². The second-order valence-corrected chi connectivity index (χ2v) is 7.75. The minimum atomic E-state index is -0.684. The number of nitrogens with one attached hydrogen (secondary N) is 1. The zero-order valence-corrected chi connectivity index (χ0v) is 16.7. The molecular weight excluding hydrogens is 366 g/mol. The Labute approximate surface area is 171 Å². The molecule has 0 bridgehead atoms. The van der Waals surface area contributed by atoms with Gasteiger partial charge < -0.3 is 15.0 Å². The number of carbonyl (C=O) groups excluding carboxylic acids is 2. The molecular formula is C23H27N3O3. The van der Waals surface area contributed by atoms with Crippen LogP contribution in [0.5, 0.6) is 5.75 Å². The number of piperidine rings is 1. The Hall–Kier alpha value is -2.86. The number of amides is 2. The third-order valence-electron chi connectivity index (χ3n) is 5.63. The number of ether oxygens (including phenoxy) is 1. The number of carbonyl (C=O) groups is 2. The first-order chi connectivity index (χ1) is 14.1. The Balaban J connectivity index is 1.32. The van der Waals surface area contributed by atoms with Gasteiger partial charge in [-0.1, -0.05) is 42.5 Å². The van der Waals surface area contributed by atoms with Gasteiger partial charge in [0.25, 0.3) is 5.91 Å². The molecule has 1 N–H and O–H groups in total. The number of benzene rings is 2. The summed E-state index contributed by atoms with van der Waals surface area (Å²) in [6.07, 6.45) is 1.15. The van der Waals surface area contributed by atoms with Crippen molar-refractivity contribution in [2.75, 3.05) is 24.5 Å². The third kappa shape index (κ3) is 4.59. The Bertz CT molecular complexity index is 863. The summed E-state index contributed by atoms with van der Waals surface area (Å²) in [5.41, 5.74) is 2.03. The molecule has 0 saturated carbocycles. The SMILES string of the molecule is CC(=O)N1C[C@H](C(=O)NC2CCN(Cc3ccccc3)CC2)Oc2ccccc21. The van der Waals surface area contributed by atoms with Gasteiger partial charge in [0.2, 0.25) is 5.91 Å². The summed E-state index contributed by atoms with van der Waals surface area (Å²) in [5.74, 6) is 0.340. The van der Waals surface area contributed by atoms with Gasteiger partial charge in [-0.2, -0.15) is 0 Å². The molecule has 2 heterocycles. The molecule has 6 nitrogen and oxygen atoms in total. The molecule has 2 aromatic rings. The fraction of sp³-hybridized carbons (Fsp3) is 0.391. The zero-order valence-electron chi connectivity index (χ0n) is 16.7. The first kappa shape index (κ1) is 19.5. The van der Waals surface area contributed by atoms with E-state index in [4.69, 9.17) is 4.74 Å². The Morgan fingerprint density at radius 1 is 1.03 bits per heavy atom. The van der Waals surface area contributed by atoms with Crippen LogP contribution in [-0.2, 0) is 16.1 Å². The van der Waals surface area contributed by atoms with Gasteiger partial charge in [-0.3, -0.25) is 14.5 Å². The molecule has 0 aromatic heterocycles. The van der Waals surface area contributed by atoms with Gasteiger partial charge in [0, 0.05) is 32.6 Å². The van der Waals surface area contributed by atoms with Crippen LogP contribution in [0.25, 0.3) is 0 Å². The summed E-state index contributed by atoms with van der Waals surface area (Å²) in [6, 6.07) is 17.9. The van der Waals surface area contributed by atoms with E-state index in [1.807, 2.05) is 24.3 Å². The zero-order chi connectivity index (χ0) is 20.2. The number of nitrogens with zero attached hydrogens (tertiary/aromatic N) is 2. The van der Waals surface area contributed by atoms with E-state index < -0.39 is 6.10 Å². The topological polar surface area (TPSA) is 61.9 Å². The molecule has 1 fully saturated rings. The van der Waals surface area contributed by atoms with Crippen LogP contribution in [0, 0.1) is 0 Å². The highest BCUT2D eigenvalue weighted by atomic mass is 16.5. The molecule has 2 aliphatic heterocycles. The highest BCUT2D eigenvalue weighted by molar-refractivity contribution is 5.95. The van der Waals surface area contributed by atoms with Gasteiger partial charge in [0.1, 0.15) is 5.75 Å². The summed E-state index contributed by atoms with van der Waals surface area (Å²) < 4.78 is 5.90. The number of anilines is 1. The van der Waals surface area contributed by atoms with E-state index in [2.05, 4.69) is 34.5 Å². The van der Waals surface area contributed by atoms with E-state index in [0.29, 0.717) is 5.75 Å². The van der Waals surface area contributed by atoms with Crippen LogP contribution in [0.1, 0.15) is 25.3 Å². The van der Waals surface area contributed by atoms with Crippen LogP contribution >= 0.6 is 0 Å². The number of likely N-dealkylation sites (tertiary alicyclic amines) is 1. The molecule has 29 heavy (non-hydrogen) atoms. The van der Waals surface area contributed by atoms with E-state index in [9.17, 15) is 9.59 Å². The fourth-order valence-electron chi connectivity index (χ4n) is 4.04. The Morgan fingerprint density at radius 2 is 1.72 bits per heavy atom. The highest BCUT2D eigenvalue weighted by Gasteiger charge is 2.33. The normalized spacial score (nSPS) is 19.9. The molecule has 2 aliphatic rings. The van der Waals surface area contributed by atoms with Crippen LogP contribution in [-0.4, -0.2) is 48.5 Å². The van der Waals surface area contributed by atoms with Crippen LogP contribution in [0.4, 0.5) is 5.69 Å². The maximum atomic E-state index is 12.8. The van der Waals surface area contributed by atoms with Crippen LogP contribution in [0.2, 0.25) is 0 Å². The van der Waals surface area contributed by atoms with Crippen molar-refractivity contribution in [2.45, 2.75) is 38.5 Å². The second kappa shape index (κ2) is 8.66. The van der Waals surface area contributed by atoms with Crippen molar-refractivity contribution in [1.82, 2.24) is 10.2 Å². The molecule has 6 heteroatoms. The quantitative estimate of drug-likeness (QED) is 0.867. The maximum absolute atomic E-state index is 12.8.